The minimum absolute atomic E-state index is 0.159. The van der Waals surface area contributed by atoms with Gasteiger partial charge in [0.25, 0.3) is 5.91 Å². The number of para-hydroxylation sites is 1. The number of carbonyl (C=O) groups excluding carboxylic acids is 3. The Morgan fingerprint density at radius 3 is 2.55 bits per heavy atom. The Balaban J connectivity index is 1.74. The van der Waals surface area contributed by atoms with Crippen LogP contribution in [-0.4, -0.2) is 59.7 Å². The molecule has 0 saturated carbocycles. The summed E-state index contributed by atoms with van der Waals surface area (Å²) in [6, 6.07) is 14.6. The Labute approximate surface area is 171 Å². The van der Waals surface area contributed by atoms with Crippen molar-refractivity contribution in [3.63, 3.8) is 0 Å². The number of benzene rings is 1. The van der Waals surface area contributed by atoms with Crippen LogP contribution >= 0.6 is 11.3 Å². The summed E-state index contributed by atoms with van der Waals surface area (Å²) in [6.45, 7) is -0.651. The van der Waals surface area contributed by atoms with Crippen molar-refractivity contribution in [2.75, 3.05) is 27.2 Å². The number of aromatic nitrogens is 2. The van der Waals surface area contributed by atoms with Gasteiger partial charge in [0.1, 0.15) is 5.69 Å². The molecule has 0 aliphatic heterocycles. The van der Waals surface area contributed by atoms with E-state index in [2.05, 4.69) is 10.4 Å². The van der Waals surface area contributed by atoms with E-state index in [-0.39, 0.29) is 18.1 Å². The maximum atomic E-state index is 12.6. The van der Waals surface area contributed by atoms with E-state index in [1.807, 2.05) is 47.8 Å². The summed E-state index contributed by atoms with van der Waals surface area (Å²) in [4.78, 5) is 38.3. The second kappa shape index (κ2) is 9.16. The molecule has 2 heterocycles. The van der Waals surface area contributed by atoms with E-state index in [9.17, 15) is 14.4 Å². The fourth-order valence-corrected chi connectivity index (χ4v) is 3.11. The van der Waals surface area contributed by atoms with E-state index in [4.69, 9.17) is 4.74 Å². The first-order valence-corrected chi connectivity index (χ1v) is 9.67. The zero-order valence-corrected chi connectivity index (χ0v) is 16.8. The molecule has 3 aromatic rings. The fraction of sp³-hybridized carbons (Fsp3) is 0.200. The molecular formula is C20H20N4O4S. The molecule has 0 saturated heterocycles. The second-order valence-corrected chi connectivity index (χ2v) is 7.23. The standard InChI is InChI=1S/C20H20N4O4S/c1-23(2)19(26)12-21-18(25)13-28-20(27)16-11-15(17-9-6-10-29-17)22-24(16)14-7-4-3-5-8-14/h3-11H,12-13H2,1-2H3,(H,21,25). The smallest absolute Gasteiger partial charge is 0.357 e. The predicted octanol–water partition coefficient (Wildman–Crippen LogP) is 1.96. The largest absolute Gasteiger partial charge is 0.451 e. The lowest BCUT2D eigenvalue weighted by molar-refractivity contribution is -0.131. The third-order valence-electron chi connectivity index (χ3n) is 3.96. The van der Waals surface area contributed by atoms with E-state index in [1.165, 1.54) is 20.9 Å². The van der Waals surface area contributed by atoms with Gasteiger partial charge in [-0.1, -0.05) is 24.3 Å². The summed E-state index contributed by atoms with van der Waals surface area (Å²) in [6.07, 6.45) is 0. The van der Waals surface area contributed by atoms with Crippen molar-refractivity contribution in [1.29, 1.82) is 0 Å². The molecule has 0 unspecified atom stereocenters. The van der Waals surface area contributed by atoms with Gasteiger partial charge < -0.3 is 15.0 Å². The number of thiophene rings is 1. The molecule has 0 aliphatic carbocycles. The fourth-order valence-electron chi connectivity index (χ4n) is 2.43. The lowest BCUT2D eigenvalue weighted by Crippen LogP contribution is -2.38. The van der Waals surface area contributed by atoms with Gasteiger partial charge >= 0.3 is 5.97 Å². The highest BCUT2D eigenvalue weighted by Gasteiger charge is 2.20. The highest BCUT2D eigenvalue weighted by molar-refractivity contribution is 7.13. The van der Waals surface area contributed by atoms with Gasteiger partial charge in [0.05, 0.1) is 17.1 Å². The zero-order chi connectivity index (χ0) is 20.8. The van der Waals surface area contributed by atoms with Crippen LogP contribution in [0, 0.1) is 0 Å². The highest BCUT2D eigenvalue weighted by Crippen LogP contribution is 2.26. The molecule has 29 heavy (non-hydrogen) atoms. The third-order valence-corrected chi connectivity index (χ3v) is 4.86. The monoisotopic (exact) mass is 412 g/mol. The van der Waals surface area contributed by atoms with Crippen LogP contribution in [0.15, 0.2) is 53.9 Å². The van der Waals surface area contributed by atoms with E-state index in [0.717, 1.165) is 4.88 Å². The number of rotatable bonds is 7. The van der Waals surface area contributed by atoms with Crippen LogP contribution < -0.4 is 5.32 Å². The summed E-state index contributed by atoms with van der Waals surface area (Å²) in [5.74, 6) is -1.50. The first-order chi connectivity index (χ1) is 14.0. The molecule has 8 nitrogen and oxygen atoms in total. The maximum Gasteiger partial charge on any atom is 0.357 e. The number of likely N-dealkylation sites (N-methyl/N-ethyl adjacent to an activating group) is 1. The quantitative estimate of drug-likeness (QED) is 0.599. The van der Waals surface area contributed by atoms with Crippen molar-refractivity contribution < 1.29 is 19.1 Å². The Kier molecular flexibility index (Phi) is 6.40. The van der Waals surface area contributed by atoms with Gasteiger partial charge in [0.15, 0.2) is 12.3 Å². The lowest BCUT2D eigenvalue weighted by atomic mass is 10.3. The number of ether oxygens (including phenoxy) is 1. The molecule has 1 aromatic carbocycles. The number of nitrogens with one attached hydrogen (secondary N) is 1. The first kappa shape index (κ1) is 20.3. The molecular weight excluding hydrogens is 392 g/mol. The molecule has 0 radical (unpaired) electrons. The molecule has 1 N–H and O–H groups in total. The molecule has 2 aromatic heterocycles. The Morgan fingerprint density at radius 1 is 1.14 bits per heavy atom. The average Bonchev–Trinajstić information content (AvgIpc) is 3.40. The van der Waals surface area contributed by atoms with Gasteiger partial charge in [-0.15, -0.1) is 11.3 Å². The van der Waals surface area contributed by atoms with Crippen LogP contribution in [0.4, 0.5) is 0 Å². The summed E-state index contributed by atoms with van der Waals surface area (Å²) in [7, 11) is 3.18. The summed E-state index contributed by atoms with van der Waals surface area (Å²) >= 11 is 1.51. The molecule has 150 valence electrons. The van der Waals surface area contributed by atoms with Gasteiger partial charge in [0, 0.05) is 20.2 Å². The predicted molar refractivity (Wildman–Crippen MR) is 109 cm³/mol. The molecule has 9 heteroatoms. The van der Waals surface area contributed by atoms with Crippen molar-refractivity contribution in [3.05, 3.63) is 59.6 Å². The van der Waals surface area contributed by atoms with Crippen LogP contribution in [0.3, 0.4) is 0 Å². The molecule has 0 fully saturated rings. The Bertz CT molecular complexity index is 997. The van der Waals surface area contributed by atoms with E-state index in [1.54, 1.807) is 20.2 Å². The topological polar surface area (TPSA) is 93.5 Å². The van der Waals surface area contributed by atoms with E-state index < -0.39 is 18.5 Å². The Hall–Kier alpha value is -3.46. The minimum Gasteiger partial charge on any atom is -0.451 e. The van der Waals surface area contributed by atoms with Crippen molar-refractivity contribution in [2.24, 2.45) is 0 Å². The van der Waals surface area contributed by atoms with Crippen LogP contribution in [0.5, 0.6) is 0 Å². The molecule has 0 aliphatic rings. The Morgan fingerprint density at radius 2 is 1.90 bits per heavy atom. The van der Waals surface area contributed by atoms with Gasteiger partial charge in [-0.3, -0.25) is 9.59 Å². The zero-order valence-electron chi connectivity index (χ0n) is 16.0. The number of amides is 2. The molecule has 0 atom stereocenters. The van der Waals surface area contributed by atoms with Gasteiger partial charge in [-0.2, -0.15) is 5.10 Å². The summed E-state index contributed by atoms with van der Waals surface area (Å²) in [5, 5.41) is 8.87. The number of nitrogens with zero attached hydrogens (tertiary/aromatic N) is 3. The maximum absolute atomic E-state index is 12.6. The van der Waals surface area contributed by atoms with Crippen LogP contribution in [0.25, 0.3) is 16.3 Å². The van der Waals surface area contributed by atoms with Crippen molar-refractivity contribution >= 4 is 29.1 Å². The lowest BCUT2D eigenvalue weighted by Gasteiger charge is -2.11. The number of hydrogen-bond donors (Lipinski definition) is 1. The minimum atomic E-state index is -0.682. The van der Waals surface area contributed by atoms with E-state index in [0.29, 0.717) is 11.4 Å². The second-order valence-electron chi connectivity index (χ2n) is 6.28. The number of esters is 1. The SMILES string of the molecule is CN(C)C(=O)CNC(=O)COC(=O)c1cc(-c2cccs2)nn1-c1ccccc1. The molecule has 2 amide bonds. The van der Waals surface area contributed by atoms with Gasteiger partial charge in [-0.05, 0) is 23.6 Å². The third kappa shape index (κ3) is 5.08. The van der Waals surface area contributed by atoms with E-state index >= 15 is 0 Å². The van der Waals surface area contributed by atoms with Crippen molar-refractivity contribution in [3.8, 4) is 16.3 Å². The summed E-state index contributed by atoms with van der Waals surface area (Å²) < 4.78 is 6.63. The number of carbonyl (C=O) groups is 3. The molecule has 0 bridgehead atoms. The molecule has 3 rings (SSSR count). The highest BCUT2D eigenvalue weighted by atomic mass is 32.1. The van der Waals surface area contributed by atoms with Gasteiger partial charge in [0.2, 0.25) is 5.91 Å². The first-order valence-electron chi connectivity index (χ1n) is 8.79. The molecule has 0 spiro atoms. The summed E-state index contributed by atoms with van der Waals surface area (Å²) in [5.41, 5.74) is 1.54. The van der Waals surface area contributed by atoms with Crippen LogP contribution in [-0.2, 0) is 14.3 Å². The number of hydrogen-bond acceptors (Lipinski definition) is 6. The van der Waals surface area contributed by atoms with Gasteiger partial charge in [-0.25, -0.2) is 9.48 Å². The average molecular weight is 412 g/mol. The van der Waals surface area contributed by atoms with Crippen molar-refractivity contribution in [1.82, 2.24) is 20.0 Å². The normalized spacial score (nSPS) is 10.4. The van der Waals surface area contributed by atoms with Crippen LogP contribution in [0.2, 0.25) is 0 Å². The van der Waals surface area contributed by atoms with Crippen LogP contribution in [0.1, 0.15) is 10.5 Å². The van der Waals surface area contributed by atoms with Crippen molar-refractivity contribution in [2.45, 2.75) is 0 Å².